The Morgan fingerprint density at radius 3 is 2.94 bits per heavy atom. The van der Waals surface area contributed by atoms with Crippen LogP contribution in [0.1, 0.15) is 17.3 Å². The average molecular weight is 234 g/mol. The maximum absolute atomic E-state index is 11.5. The third-order valence-electron chi connectivity index (χ3n) is 2.22. The van der Waals surface area contributed by atoms with Crippen LogP contribution in [0, 0.1) is 0 Å². The predicted octanol–water partition coefficient (Wildman–Crippen LogP) is 1.22. The lowest BCUT2D eigenvalue weighted by atomic mass is 10.1. The number of esters is 1. The zero-order valence-electron chi connectivity index (χ0n) is 9.04. The van der Waals surface area contributed by atoms with Crippen molar-refractivity contribution in [3.8, 4) is 11.6 Å². The molecule has 17 heavy (non-hydrogen) atoms. The maximum Gasteiger partial charge on any atom is 0.347 e. The van der Waals surface area contributed by atoms with Crippen LogP contribution in [-0.4, -0.2) is 32.8 Å². The standard InChI is InChI=1S/C11H10N2O4/c1-2-17-11(16)8-9(14)6-3-4-12-5-7(6)13-10(8)15/h3-5H,2H2,1H3,(H2,13,14,15). The van der Waals surface area contributed by atoms with Gasteiger partial charge in [-0.25, -0.2) is 9.78 Å². The van der Waals surface area contributed by atoms with E-state index in [2.05, 4.69) is 9.97 Å². The van der Waals surface area contributed by atoms with Gasteiger partial charge in [0, 0.05) is 11.6 Å². The van der Waals surface area contributed by atoms with Gasteiger partial charge in [0.15, 0.2) is 5.56 Å². The second-order valence-corrected chi connectivity index (χ2v) is 3.27. The number of aromatic hydroxyl groups is 2. The van der Waals surface area contributed by atoms with E-state index < -0.39 is 11.8 Å². The van der Waals surface area contributed by atoms with E-state index >= 15 is 0 Å². The molecule has 6 nitrogen and oxygen atoms in total. The fourth-order valence-electron chi connectivity index (χ4n) is 1.48. The van der Waals surface area contributed by atoms with Gasteiger partial charge in [-0.1, -0.05) is 0 Å². The second kappa shape index (κ2) is 4.25. The Labute approximate surface area is 96.5 Å². The summed E-state index contributed by atoms with van der Waals surface area (Å²) >= 11 is 0. The minimum Gasteiger partial charge on any atom is -0.506 e. The van der Waals surface area contributed by atoms with E-state index in [0.717, 1.165) is 0 Å². The Balaban J connectivity index is 2.67. The quantitative estimate of drug-likeness (QED) is 0.759. The summed E-state index contributed by atoms with van der Waals surface area (Å²) in [7, 11) is 0. The van der Waals surface area contributed by atoms with Crippen LogP contribution in [0.25, 0.3) is 10.9 Å². The number of nitrogens with zero attached hydrogens (tertiary/aromatic N) is 2. The van der Waals surface area contributed by atoms with Gasteiger partial charge in [-0.3, -0.25) is 4.98 Å². The molecule has 0 atom stereocenters. The SMILES string of the molecule is CCOC(=O)c1c(O)nc2cnccc2c1O. The Hall–Kier alpha value is -2.37. The summed E-state index contributed by atoms with van der Waals surface area (Å²) in [6.07, 6.45) is 2.83. The smallest absolute Gasteiger partial charge is 0.347 e. The monoisotopic (exact) mass is 234 g/mol. The summed E-state index contributed by atoms with van der Waals surface area (Å²) < 4.78 is 4.72. The maximum atomic E-state index is 11.5. The van der Waals surface area contributed by atoms with Gasteiger partial charge < -0.3 is 14.9 Å². The number of rotatable bonds is 2. The summed E-state index contributed by atoms with van der Waals surface area (Å²) in [5.74, 6) is -1.73. The number of fused-ring (bicyclic) bond motifs is 1. The minimum absolute atomic E-state index is 0.145. The molecule has 0 aliphatic rings. The molecule has 6 heteroatoms. The molecule has 0 aliphatic heterocycles. The molecule has 88 valence electrons. The van der Waals surface area contributed by atoms with Crippen molar-refractivity contribution in [3.63, 3.8) is 0 Å². The normalized spacial score (nSPS) is 10.4. The van der Waals surface area contributed by atoms with Crippen LogP contribution < -0.4 is 0 Å². The topological polar surface area (TPSA) is 92.5 Å². The highest BCUT2D eigenvalue weighted by molar-refractivity contribution is 6.01. The van der Waals surface area contributed by atoms with Crippen LogP contribution in [0.4, 0.5) is 0 Å². The van der Waals surface area contributed by atoms with E-state index in [-0.39, 0.29) is 17.9 Å². The first-order valence-corrected chi connectivity index (χ1v) is 4.98. The van der Waals surface area contributed by atoms with E-state index in [0.29, 0.717) is 10.9 Å². The zero-order valence-corrected chi connectivity index (χ0v) is 9.04. The number of carbonyl (C=O) groups is 1. The summed E-state index contributed by atoms with van der Waals surface area (Å²) in [5, 5.41) is 19.8. The first-order valence-electron chi connectivity index (χ1n) is 4.98. The Kier molecular flexibility index (Phi) is 2.78. The van der Waals surface area contributed by atoms with Crippen molar-refractivity contribution in [3.05, 3.63) is 24.0 Å². The van der Waals surface area contributed by atoms with E-state index in [1.807, 2.05) is 0 Å². The first kappa shape index (κ1) is 11.1. The van der Waals surface area contributed by atoms with Crippen LogP contribution >= 0.6 is 0 Å². The largest absolute Gasteiger partial charge is 0.506 e. The van der Waals surface area contributed by atoms with Crippen molar-refractivity contribution < 1.29 is 19.7 Å². The lowest BCUT2D eigenvalue weighted by molar-refractivity contribution is 0.0519. The lowest BCUT2D eigenvalue weighted by Gasteiger charge is -2.08. The Bertz CT molecular complexity index is 583. The second-order valence-electron chi connectivity index (χ2n) is 3.27. The van der Waals surface area contributed by atoms with Gasteiger partial charge in [-0.2, -0.15) is 0 Å². The van der Waals surface area contributed by atoms with Crippen LogP contribution in [-0.2, 0) is 4.74 Å². The number of ether oxygens (including phenoxy) is 1. The van der Waals surface area contributed by atoms with E-state index in [4.69, 9.17) is 4.74 Å². The van der Waals surface area contributed by atoms with Crippen molar-refractivity contribution >= 4 is 16.9 Å². The van der Waals surface area contributed by atoms with Crippen molar-refractivity contribution in [1.82, 2.24) is 9.97 Å². The van der Waals surface area contributed by atoms with Gasteiger partial charge in [0.1, 0.15) is 5.75 Å². The fourth-order valence-corrected chi connectivity index (χ4v) is 1.48. The van der Waals surface area contributed by atoms with Crippen LogP contribution in [0.3, 0.4) is 0 Å². The molecule has 0 aliphatic carbocycles. The molecule has 0 saturated heterocycles. The Morgan fingerprint density at radius 1 is 1.47 bits per heavy atom. The number of hydrogen-bond donors (Lipinski definition) is 2. The molecular weight excluding hydrogens is 224 g/mol. The molecule has 2 N–H and O–H groups in total. The predicted molar refractivity (Wildman–Crippen MR) is 58.8 cm³/mol. The molecule has 0 saturated carbocycles. The molecule has 0 radical (unpaired) electrons. The molecule has 2 aromatic heterocycles. The summed E-state index contributed by atoms with van der Waals surface area (Å²) in [6.45, 7) is 1.77. The first-order chi connectivity index (χ1) is 8.15. The molecule has 2 aromatic rings. The number of aromatic nitrogens is 2. The molecule has 0 aromatic carbocycles. The van der Waals surface area contributed by atoms with E-state index in [9.17, 15) is 15.0 Å². The molecule has 0 bridgehead atoms. The summed E-state index contributed by atoms with van der Waals surface area (Å²) in [6, 6.07) is 1.50. The summed E-state index contributed by atoms with van der Waals surface area (Å²) in [5.41, 5.74) is -0.0268. The molecule has 2 rings (SSSR count). The zero-order chi connectivity index (χ0) is 12.4. The van der Waals surface area contributed by atoms with Crippen molar-refractivity contribution in [1.29, 1.82) is 0 Å². The molecule has 0 amide bonds. The molecular formula is C11H10N2O4. The fraction of sp³-hybridized carbons (Fsp3) is 0.182. The van der Waals surface area contributed by atoms with Gasteiger partial charge in [-0.05, 0) is 13.0 Å². The van der Waals surface area contributed by atoms with Gasteiger partial charge in [-0.15, -0.1) is 0 Å². The lowest BCUT2D eigenvalue weighted by Crippen LogP contribution is -2.06. The van der Waals surface area contributed by atoms with Crippen molar-refractivity contribution in [2.45, 2.75) is 6.92 Å². The number of carbonyl (C=O) groups excluding carboxylic acids is 1. The van der Waals surface area contributed by atoms with Gasteiger partial charge in [0.05, 0.1) is 18.3 Å². The van der Waals surface area contributed by atoms with Crippen LogP contribution in [0.2, 0.25) is 0 Å². The molecule has 0 unspecified atom stereocenters. The highest BCUT2D eigenvalue weighted by Crippen LogP contribution is 2.32. The molecule has 0 spiro atoms. The third kappa shape index (κ3) is 1.84. The average Bonchev–Trinajstić information content (AvgIpc) is 2.29. The molecule has 2 heterocycles. The van der Waals surface area contributed by atoms with Gasteiger partial charge in [0.25, 0.3) is 0 Å². The highest BCUT2D eigenvalue weighted by Gasteiger charge is 2.21. The van der Waals surface area contributed by atoms with Crippen LogP contribution in [0.15, 0.2) is 18.5 Å². The number of hydrogen-bond acceptors (Lipinski definition) is 6. The number of pyridine rings is 2. The van der Waals surface area contributed by atoms with Crippen molar-refractivity contribution in [2.75, 3.05) is 6.61 Å². The minimum atomic E-state index is -0.811. The van der Waals surface area contributed by atoms with Gasteiger partial charge in [0.2, 0.25) is 5.88 Å². The van der Waals surface area contributed by atoms with Gasteiger partial charge >= 0.3 is 5.97 Å². The Morgan fingerprint density at radius 2 is 2.24 bits per heavy atom. The highest BCUT2D eigenvalue weighted by atomic mass is 16.5. The van der Waals surface area contributed by atoms with E-state index in [1.54, 1.807) is 6.92 Å². The summed E-state index contributed by atoms with van der Waals surface area (Å²) in [4.78, 5) is 19.1. The molecule has 0 fully saturated rings. The van der Waals surface area contributed by atoms with Crippen LogP contribution in [0.5, 0.6) is 11.6 Å². The third-order valence-corrected chi connectivity index (χ3v) is 2.22. The van der Waals surface area contributed by atoms with Crippen molar-refractivity contribution in [2.24, 2.45) is 0 Å². The van der Waals surface area contributed by atoms with E-state index in [1.165, 1.54) is 18.5 Å².